The summed E-state index contributed by atoms with van der Waals surface area (Å²) in [5.41, 5.74) is 3.07. The van der Waals surface area contributed by atoms with Crippen molar-refractivity contribution in [3.05, 3.63) is 47.0 Å². The number of hydrogen-bond acceptors (Lipinski definition) is 7. The van der Waals surface area contributed by atoms with E-state index in [0.717, 1.165) is 29.0 Å². The summed E-state index contributed by atoms with van der Waals surface area (Å²) in [6.07, 6.45) is 1.53. The fourth-order valence-electron chi connectivity index (χ4n) is 3.02. The quantitative estimate of drug-likeness (QED) is 0.573. The van der Waals surface area contributed by atoms with Crippen LogP contribution in [0.1, 0.15) is 27.9 Å². The van der Waals surface area contributed by atoms with E-state index < -0.39 is 5.97 Å². The molecule has 0 bridgehead atoms. The van der Waals surface area contributed by atoms with Crippen molar-refractivity contribution in [1.29, 1.82) is 0 Å². The first-order chi connectivity index (χ1) is 13.1. The zero-order valence-corrected chi connectivity index (χ0v) is 15.7. The summed E-state index contributed by atoms with van der Waals surface area (Å²) >= 11 is 0. The Morgan fingerprint density at radius 3 is 2.19 bits per heavy atom. The molecule has 2 aromatic rings. The van der Waals surface area contributed by atoms with E-state index in [1.165, 1.54) is 33.5 Å². The molecule has 0 atom stereocenters. The van der Waals surface area contributed by atoms with Gasteiger partial charge >= 0.3 is 5.97 Å². The van der Waals surface area contributed by atoms with Crippen molar-refractivity contribution in [2.75, 3.05) is 28.4 Å². The van der Waals surface area contributed by atoms with Gasteiger partial charge in [0.1, 0.15) is 5.75 Å². The summed E-state index contributed by atoms with van der Waals surface area (Å²) in [7, 11) is 6.09. The average molecular weight is 371 g/mol. The summed E-state index contributed by atoms with van der Waals surface area (Å²) < 4.78 is 21.0. The van der Waals surface area contributed by atoms with E-state index in [0.29, 0.717) is 23.7 Å². The average Bonchev–Trinajstić information content (AvgIpc) is 3.12. The van der Waals surface area contributed by atoms with Crippen LogP contribution in [0.4, 0.5) is 0 Å². The molecule has 0 unspecified atom stereocenters. The number of benzene rings is 2. The minimum Gasteiger partial charge on any atom is -0.497 e. The van der Waals surface area contributed by atoms with Crippen LogP contribution in [0.2, 0.25) is 0 Å². The molecule has 142 valence electrons. The second kappa shape index (κ2) is 7.99. The molecule has 7 nitrogen and oxygen atoms in total. The summed E-state index contributed by atoms with van der Waals surface area (Å²) in [6.45, 7) is 0. The lowest BCUT2D eigenvalue weighted by Gasteiger charge is -2.13. The highest BCUT2D eigenvalue weighted by Crippen LogP contribution is 2.38. The number of ether oxygens (including phenoxy) is 4. The van der Waals surface area contributed by atoms with Crippen LogP contribution in [0.15, 0.2) is 35.5 Å². The van der Waals surface area contributed by atoms with Crippen molar-refractivity contribution in [1.82, 2.24) is 0 Å². The van der Waals surface area contributed by atoms with Crippen LogP contribution in [-0.4, -0.2) is 40.1 Å². The van der Waals surface area contributed by atoms with Crippen molar-refractivity contribution in [2.24, 2.45) is 5.16 Å². The van der Waals surface area contributed by atoms with E-state index in [1.54, 1.807) is 7.11 Å². The van der Waals surface area contributed by atoms with Gasteiger partial charge in [-0.1, -0.05) is 5.16 Å². The maximum Gasteiger partial charge on any atom is 0.366 e. The largest absolute Gasteiger partial charge is 0.497 e. The number of rotatable bonds is 6. The molecule has 1 aliphatic rings. The molecule has 1 aliphatic carbocycles. The highest BCUT2D eigenvalue weighted by atomic mass is 16.7. The number of carbonyl (C=O) groups excluding carboxylic acids is 1. The second-order valence-electron chi connectivity index (χ2n) is 5.85. The SMILES string of the molecule is COc1ccc2c(c1)CC/C2=N/OC(=O)c1cc(OC)c(OC)c(OC)c1. The van der Waals surface area contributed by atoms with Crippen molar-refractivity contribution in [2.45, 2.75) is 12.8 Å². The molecule has 0 heterocycles. The maximum absolute atomic E-state index is 12.4. The first-order valence-electron chi connectivity index (χ1n) is 8.36. The molecule has 0 saturated carbocycles. The third-order valence-corrected chi connectivity index (χ3v) is 4.39. The zero-order valence-electron chi connectivity index (χ0n) is 15.7. The van der Waals surface area contributed by atoms with Gasteiger partial charge in [0.15, 0.2) is 11.5 Å². The van der Waals surface area contributed by atoms with Crippen LogP contribution in [0.25, 0.3) is 0 Å². The number of methoxy groups -OCH3 is 4. The Morgan fingerprint density at radius 2 is 1.59 bits per heavy atom. The Hall–Kier alpha value is -3.22. The molecule has 0 aromatic heterocycles. The normalized spacial score (nSPS) is 13.9. The van der Waals surface area contributed by atoms with Crippen molar-refractivity contribution in [3.63, 3.8) is 0 Å². The van der Waals surface area contributed by atoms with Crippen molar-refractivity contribution >= 4 is 11.7 Å². The summed E-state index contributed by atoms with van der Waals surface area (Å²) in [5.74, 6) is 1.33. The first kappa shape index (κ1) is 18.6. The second-order valence-corrected chi connectivity index (χ2v) is 5.85. The van der Waals surface area contributed by atoms with Gasteiger partial charge in [0.2, 0.25) is 5.75 Å². The fraction of sp³-hybridized carbons (Fsp3) is 0.300. The Labute approximate surface area is 157 Å². The summed E-state index contributed by atoms with van der Waals surface area (Å²) in [4.78, 5) is 17.6. The number of hydrogen-bond donors (Lipinski definition) is 0. The van der Waals surface area contributed by atoms with E-state index in [9.17, 15) is 4.79 Å². The lowest BCUT2D eigenvalue weighted by atomic mass is 10.1. The third kappa shape index (κ3) is 3.67. The molecule has 2 aromatic carbocycles. The van der Waals surface area contributed by atoms with E-state index >= 15 is 0 Å². The van der Waals surface area contributed by atoms with E-state index in [4.69, 9.17) is 23.8 Å². The van der Waals surface area contributed by atoms with Crippen molar-refractivity contribution < 1.29 is 28.6 Å². The Bertz CT molecular complexity index is 865. The van der Waals surface area contributed by atoms with Crippen LogP contribution in [0, 0.1) is 0 Å². The van der Waals surface area contributed by atoms with Gasteiger partial charge in [0, 0.05) is 5.56 Å². The topological polar surface area (TPSA) is 75.6 Å². The minimum atomic E-state index is -0.608. The van der Waals surface area contributed by atoms with Gasteiger partial charge < -0.3 is 23.8 Å². The molecule has 0 aliphatic heterocycles. The molecule has 3 rings (SSSR count). The Balaban J connectivity index is 1.82. The minimum absolute atomic E-state index is 0.252. The van der Waals surface area contributed by atoms with Gasteiger partial charge in [-0.15, -0.1) is 0 Å². The van der Waals surface area contributed by atoms with Gasteiger partial charge in [-0.05, 0) is 48.7 Å². The van der Waals surface area contributed by atoms with E-state index in [1.807, 2.05) is 18.2 Å². The van der Waals surface area contributed by atoms with Crippen LogP contribution in [0.3, 0.4) is 0 Å². The van der Waals surface area contributed by atoms with Crippen LogP contribution in [-0.2, 0) is 11.3 Å². The predicted octanol–water partition coefficient (Wildman–Crippen LogP) is 3.23. The van der Waals surface area contributed by atoms with Crippen molar-refractivity contribution in [3.8, 4) is 23.0 Å². The molecule has 0 saturated heterocycles. The number of carbonyl (C=O) groups is 1. The number of aryl methyl sites for hydroxylation is 1. The highest BCUT2D eigenvalue weighted by molar-refractivity contribution is 6.05. The summed E-state index contributed by atoms with van der Waals surface area (Å²) in [6, 6.07) is 8.81. The smallest absolute Gasteiger partial charge is 0.366 e. The predicted molar refractivity (Wildman–Crippen MR) is 99.4 cm³/mol. The van der Waals surface area contributed by atoms with Crippen LogP contribution in [0.5, 0.6) is 23.0 Å². The van der Waals surface area contributed by atoms with Crippen LogP contribution < -0.4 is 18.9 Å². The Morgan fingerprint density at radius 1 is 0.889 bits per heavy atom. The van der Waals surface area contributed by atoms with Gasteiger partial charge in [0.05, 0.1) is 39.7 Å². The highest BCUT2D eigenvalue weighted by Gasteiger charge is 2.21. The molecule has 0 spiro atoms. The fourth-order valence-corrected chi connectivity index (χ4v) is 3.02. The lowest BCUT2D eigenvalue weighted by molar-refractivity contribution is 0.0515. The van der Waals surface area contributed by atoms with Gasteiger partial charge in [0.25, 0.3) is 0 Å². The van der Waals surface area contributed by atoms with Gasteiger partial charge in [-0.25, -0.2) is 4.79 Å². The molecule has 27 heavy (non-hydrogen) atoms. The molecule has 0 fully saturated rings. The monoisotopic (exact) mass is 371 g/mol. The molecule has 0 radical (unpaired) electrons. The van der Waals surface area contributed by atoms with E-state index in [-0.39, 0.29) is 5.56 Å². The number of oxime groups is 1. The standard InChI is InChI=1S/C20H21NO6/c1-23-14-6-7-15-12(9-14)5-8-16(15)21-27-20(22)13-10-17(24-2)19(26-4)18(11-13)25-3/h6-7,9-11H,5,8H2,1-4H3/b21-16-. The molecule has 0 amide bonds. The molecular weight excluding hydrogens is 350 g/mol. The molecule has 0 N–H and O–H groups in total. The third-order valence-electron chi connectivity index (χ3n) is 4.39. The number of fused-ring (bicyclic) bond motifs is 1. The zero-order chi connectivity index (χ0) is 19.4. The maximum atomic E-state index is 12.4. The number of nitrogens with zero attached hydrogens (tertiary/aromatic N) is 1. The van der Waals surface area contributed by atoms with E-state index in [2.05, 4.69) is 5.16 Å². The Kier molecular flexibility index (Phi) is 5.49. The van der Waals surface area contributed by atoms with Gasteiger partial charge in [-0.2, -0.15) is 0 Å². The first-order valence-corrected chi connectivity index (χ1v) is 8.36. The summed E-state index contributed by atoms with van der Waals surface area (Å²) in [5, 5.41) is 4.06. The molecular formula is C20H21NO6. The van der Waals surface area contributed by atoms with Gasteiger partial charge in [-0.3, -0.25) is 0 Å². The molecule has 7 heteroatoms. The van der Waals surface area contributed by atoms with Crippen LogP contribution >= 0.6 is 0 Å². The lowest BCUT2D eigenvalue weighted by Crippen LogP contribution is -2.06.